The van der Waals surface area contributed by atoms with Crippen LogP contribution in [-0.4, -0.2) is 64.9 Å². The van der Waals surface area contributed by atoms with E-state index in [1.165, 1.54) is 96.3 Å². The molecule has 0 aromatic carbocycles. The summed E-state index contributed by atoms with van der Waals surface area (Å²) in [4.78, 5) is 45.8. The molecule has 0 spiro atoms. The van der Waals surface area contributed by atoms with E-state index in [-0.39, 0.29) is 12.8 Å². The largest absolute Gasteiger partial charge is 0.480 e. The highest BCUT2D eigenvalue weighted by atomic mass is 31.2. The third-order valence-electron chi connectivity index (χ3n) is 9.43. The molecule has 4 N–H and O–H groups in total. The number of aliphatic hydroxyl groups is 1. The minimum Gasteiger partial charge on any atom is -0.480 e. The lowest BCUT2D eigenvalue weighted by Gasteiger charge is -2.18. The van der Waals surface area contributed by atoms with Crippen LogP contribution >= 0.6 is 7.82 Å². The fraction of sp³-hybridized carbons (Fsp3) is 0.795. The van der Waals surface area contributed by atoms with Gasteiger partial charge in [-0.2, -0.15) is 0 Å². The topological polar surface area (TPSA) is 169 Å². The van der Waals surface area contributed by atoms with E-state index in [0.29, 0.717) is 12.8 Å². The Morgan fingerprint density at radius 1 is 0.571 bits per heavy atom. The van der Waals surface area contributed by atoms with Crippen LogP contribution in [0.15, 0.2) is 36.5 Å². The number of phosphoric ester groups is 1. The Bertz CT molecular complexity index is 1100. The number of carboxylic acid groups (broad SMARTS) is 1. The normalized spacial score (nSPS) is 14.1. The van der Waals surface area contributed by atoms with E-state index in [0.717, 1.165) is 57.8 Å². The highest BCUT2D eigenvalue weighted by Crippen LogP contribution is 2.43. The number of phosphoric acid groups is 1. The first-order valence-electron chi connectivity index (χ1n) is 22.0. The van der Waals surface area contributed by atoms with Crippen LogP contribution < -0.4 is 5.32 Å². The fourth-order valence-electron chi connectivity index (χ4n) is 5.97. The number of amides is 1. The van der Waals surface area contributed by atoms with E-state index in [1.54, 1.807) is 0 Å². The summed E-state index contributed by atoms with van der Waals surface area (Å²) in [6.45, 7) is 2.54. The van der Waals surface area contributed by atoms with Gasteiger partial charge in [0.25, 0.3) is 0 Å². The van der Waals surface area contributed by atoms with Gasteiger partial charge in [-0.25, -0.2) is 9.36 Å². The third kappa shape index (κ3) is 38.6. The zero-order valence-electron chi connectivity index (χ0n) is 35.2. The number of hydrogen-bond acceptors (Lipinski definition) is 8. The van der Waals surface area contributed by atoms with Crippen LogP contribution in [0.3, 0.4) is 0 Å². The number of aliphatic carboxylic acids is 1. The van der Waals surface area contributed by atoms with E-state index < -0.39 is 57.6 Å². The molecule has 11 nitrogen and oxygen atoms in total. The van der Waals surface area contributed by atoms with Gasteiger partial charge in [0.2, 0.25) is 5.91 Å². The van der Waals surface area contributed by atoms with Crippen molar-refractivity contribution in [2.24, 2.45) is 0 Å². The van der Waals surface area contributed by atoms with Gasteiger partial charge >= 0.3 is 19.8 Å². The number of carbonyl (C=O) groups excluding carboxylic acids is 2. The molecule has 0 aromatic rings. The molecular formula is C44H80NO10P. The Balaban J connectivity index is 3.87. The molecule has 0 bridgehead atoms. The van der Waals surface area contributed by atoms with Gasteiger partial charge in [0.15, 0.2) is 6.04 Å². The molecule has 0 fully saturated rings. The molecule has 1 amide bonds. The summed E-state index contributed by atoms with van der Waals surface area (Å²) >= 11 is 0. The predicted molar refractivity (Wildman–Crippen MR) is 226 cm³/mol. The zero-order valence-corrected chi connectivity index (χ0v) is 36.1. The van der Waals surface area contributed by atoms with E-state index in [1.807, 2.05) is 0 Å². The second-order valence-corrected chi connectivity index (χ2v) is 16.3. The molecular weight excluding hydrogens is 733 g/mol. The number of esters is 1. The Kier molecular flexibility index (Phi) is 37.9. The number of carboxylic acids is 1. The molecule has 0 saturated heterocycles. The monoisotopic (exact) mass is 814 g/mol. The van der Waals surface area contributed by atoms with Crippen LogP contribution in [0.5, 0.6) is 0 Å². The van der Waals surface area contributed by atoms with Crippen molar-refractivity contribution in [1.29, 1.82) is 0 Å². The van der Waals surface area contributed by atoms with E-state index in [4.69, 9.17) is 13.8 Å². The molecule has 0 aliphatic carbocycles. The van der Waals surface area contributed by atoms with E-state index in [2.05, 4.69) is 55.6 Å². The minimum atomic E-state index is -4.75. The lowest BCUT2D eigenvalue weighted by atomic mass is 10.1. The molecule has 0 aliphatic heterocycles. The fourth-order valence-corrected chi connectivity index (χ4v) is 6.74. The predicted octanol–water partition coefficient (Wildman–Crippen LogP) is 11.2. The molecule has 3 atom stereocenters. The number of nitrogens with one attached hydrogen (secondary N) is 1. The number of unbranched alkanes of at least 4 members (excludes halogenated alkanes) is 21. The van der Waals surface area contributed by atoms with Crippen molar-refractivity contribution in [3.63, 3.8) is 0 Å². The average molecular weight is 814 g/mol. The Hall–Kier alpha value is -2.30. The maximum Gasteiger partial charge on any atom is 0.472 e. The molecule has 0 aliphatic rings. The molecule has 0 heterocycles. The van der Waals surface area contributed by atoms with Gasteiger partial charge in [0.1, 0.15) is 12.7 Å². The third-order valence-corrected chi connectivity index (χ3v) is 10.4. The lowest BCUT2D eigenvalue weighted by molar-refractivity contribution is -0.147. The highest BCUT2D eigenvalue weighted by molar-refractivity contribution is 7.47. The maximum absolute atomic E-state index is 12.2. The second-order valence-electron chi connectivity index (χ2n) is 14.9. The zero-order chi connectivity index (χ0) is 41.4. The smallest absolute Gasteiger partial charge is 0.472 e. The first-order chi connectivity index (χ1) is 27.1. The minimum absolute atomic E-state index is 0.147. The molecule has 0 saturated carbocycles. The van der Waals surface area contributed by atoms with Gasteiger partial charge in [-0.05, 0) is 51.4 Å². The molecule has 12 heteroatoms. The molecule has 0 aromatic heterocycles. The van der Waals surface area contributed by atoms with Crippen molar-refractivity contribution in [2.75, 3.05) is 19.8 Å². The van der Waals surface area contributed by atoms with Gasteiger partial charge in [-0.15, -0.1) is 0 Å². The Labute approximate surface area is 340 Å². The van der Waals surface area contributed by atoms with Crippen LogP contribution in [0.25, 0.3) is 0 Å². The summed E-state index contributed by atoms with van der Waals surface area (Å²) in [7, 11) is -4.75. The quantitative estimate of drug-likeness (QED) is 0.0202. The van der Waals surface area contributed by atoms with E-state index in [9.17, 15) is 34.1 Å². The molecule has 3 unspecified atom stereocenters. The van der Waals surface area contributed by atoms with Crippen molar-refractivity contribution >= 4 is 25.7 Å². The standard InChI is InChI=1S/C44H80NO10P/c1-3-5-7-9-11-13-15-16-17-18-19-20-21-22-23-24-26-28-30-32-34-36-43(48)53-37-40(46)38-54-56(51,52)55-39-41(44(49)50)45-42(47)35-33-31-29-27-25-14-12-10-8-6-4-2/h11,13,16-17,19-20,40-41,46H,3-10,12,14-15,18,21-39H2,1-2H3,(H,45,47)(H,49,50)(H,51,52)/b13-11-,17-16-,20-19-. The van der Waals surface area contributed by atoms with Gasteiger partial charge in [-0.1, -0.05) is 166 Å². The van der Waals surface area contributed by atoms with Crippen LogP contribution in [0, 0.1) is 0 Å². The maximum atomic E-state index is 12.2. The molecule has 326 valence electrons. The number of carbonyl (C=O) groups is 3. The Morgan fingerprint density at radius 3 is 1.50 bits per heavy atom. The summed E-state index contributed by atoms with van der Waals surface area (Å²) < 4.78 is 26.8. The van der Waals surface area contributed by atoms with Gasteiger partial charge < -0.3 is 25.2 Å². The van der Waals surface area contributed by atoms with E-state index >= 15 is 0 Å². The Morgan fingerprint density at radius 2 is 0.982 bits per heavy atom. The number of hydrogen-bond donors (Lipinski definition) is 4. The van der Waals surface area contributed by atoms with Crippen LogP contribution in [0.2, 0.25) is 0 Å². The summed E-state index contributed by atoms with van der Waals surface area (Å²) in [6.07, 6.45) is 41.7. The number of rotatable bonds is 41. The van der Waals surface area contributed by atoms with Crippen molar-refractivity contribution < 1.29 is 47.8 Å². The van der Waals surface area contributed by atoms with Crippen molar-refractivity contribution in [2.45, 2.75) is 206 Å². The molecule has 56 heavy (non-hydrogen) atoms. The number of ether oxygens (including phenoxy) is 1. The van der Waals surface area contributed by atoms with Gasteiger partial charge in [0.05, 0.1) is 13.2 Å². The van der Waals surface area contributed by atoms with Crippen LogP contribution in [0.1, 0.15) is 194 Å². The average Bonchev–Trinajstić information content (AvgIpc) is 3.17. The molecule has 0 radical (unpaired) electrons. The van der Waals surface area contributed by atoms with Crippen LogP contribution in [0.4, 0.5) is 0 Å². The number of aliphatic hydroxyl groups excluding tert-OH is 1. The highest BCUT2D eigenvalue weighted by Gasteiger charge is 2.28. The summed E-state index contributed by atoms with van der Waals surface area (Å²) in [5.41, 5.74) is 0. The summed E-state index contributed by atoms with van der Waals surface area (Å²) in [5, 5.41) is 21.8. The first kappa shape index (κ1) is 53.7. The summed E-state index contributed by atoms with van der Waals surface area (Å²) in [6, 6.07) is -1.54. The molecule has 0 rings (SSSR count). The van der Waals surface area contributed by atoms with Crippen molar-refractivity contribution in [3.05, 3.63) is 36.5 Å². The van der Waals surface area contributed by atoms with Crippen LogP contribution in [-0.2, 0) is 32.7 Å². The van der Waals surface area contributed by atoms with Gasteiger partial charge in [0, 0.05) is 12.8 Å². The van der Waals surface area contributed by atoms with Crippen molar-refractivity contribution in [3.8, 4) is 0 Å². The summed E-state index contributed by atoms with van der Waals surface area (Å²) in [5.74, 6) is -2.38. The second kappa shape index (κ2) is 39.5. The van der Waals surface area contributed by atoms with Gasteiger partial charge in [-0.3, -0.25) is 18.6 Å². The lowest BCUT2D eigenvalue weighted by Crippen LogP contribution is -2.43. The number of allylic oxidation sites excluding steroid dienone is 6. The SMILES string of the molecule is CCCCC/C=C\C/C=C\C/C=C\CCCCCCCCCCC(=O)OCC(O)COP(=O)(O)OCC(NC(=O)CCCCCCCCCCCCC)C(=O)O. The van der Waals surface area contributed by atoms with Crippen molar-refractivity contribution in [1.82, 2.24) is 5.32 Å². The first-order valence-corrected chi connectivity index (χ1v) is 23.5.